The molecule has 0 heterocycles. The van der Waals surface area contributed by atoms with E-state index in [1.165, 1.54) is 16.0 Å². The summed E-state index contributed by atoms with van der Waals surface area (Å²) in [6, 6.07) is 6.09. The highest BCUT2D eigenvalue weighted by Crippen LogP contribution is 2.29. The predicted octanol–water partition coefficient (Wildman–Crippen LogP) is 2.74. The average Bonchev–Trinajstić information content (AvgIpc) is 2.15. The fraction of sp³-hybridized carbons (Fsp3) is 0.143. The molecule has 15 heavy (non-hydrogen) atoms. The van der Waals surface area contributed by atoms with E-state index in [1.54, 1.807) is 19.2 Å². The molecule has 84 valence electrons. The van der Waals surface area contributed by atoms with Crippen molar-refractivity contribution in [2.75, 3.05) is 7.05 Å². The highest BCUT2D eigenvalue weighted by molar-refractivity contribution is 7.93. The Morgan fingerprint density at radius 1 is 1.53 bits per heavy atom. The van der Waals surface area contributed by atoms with Crippen molar-refractivity contribution in [3.05, 3.63) is 34.4 Å². The Kier molecular flexibility index (Phi) is 6.50. The van der Waals surface area contributed by atoms with Crippen LogP contribution in [0.15, 0.2) is 24.3 Å². The van der Waals surface area contributed by atoms with Gasteiger partial charge in [-0.1, -0.05) is 12.1 Å². The summed E-state index contributed by atoms with van der Waals surface area (Å²) >= 11 is 6.27. The summed E-state index contributed by atoms with van der Waals surface area (Å²) in [7, 11) is 1.56. The van der Waals surface area contributed by atoms with Crippen LogP contribution in [-0.4, -0.2) is 15.8 Å². The Hall–Kier alpha value is -0.630. The van der Waals surface area contributed by atoms with E-state index in [-0.39, 0.29) is 24.9 Å². The monoisotopic (exact) mass is 268 g/mol. The van der Waals surface area contributed by atoms with Gasteiger partial charge in [-0.25, -0.2) is 0 Å². The first-order chi connectivity index (χ1) is 6.61. The number of rotatable bonds is 4. The third-order valence-electron chi connectivity index (χ3n) is 1.29. The van der Waals surface area contributed by atoms with Gasteiger partial charge in [-0.05, 0) is 17.8 Å². The Balaban J connectivity index is 0.00000196. The number of para-hydroxylation sites is 2. The van der Waals surface area contributed by atoms with Crippen molar-refractivity contribution in [3.63, 3.8) is 0 Å². The number of benzene rings is 1. The van der Waals surface area contributed by atoms with Crippen LogP contribution in [0.1, 0.15) is 0 Å². The lowest BCUT2D eigenvalue weighted by Gasteiger charge is -2.06. The smallest absolute Gasteiger partial charge is 0.312 e. The van der Waals surface area contributed by atoms with E-state index in [4.69, 9.17) is 16.0 Å². The first-order valence-electron chi connectivity index (χ1n) is 3.59. The molecule has 0 aromatic heterocycles. The highest BCUT2D eigenvalue weighted by Gasteiger charge is 2.14. The molecular weight excluding hydrogens is 260 g/mol. The molecular formula is C7H9ClN2O3S2. The first-order valence-corrected chi connectivity index (χ1v) is 4.62. The van der Waals surface area contributed by atoms with Gasteiger partial charge in [0.25, 0.3) is 0 Å². The third kappa shape index (κ3) is 4.61. The maximum atomic E-state index is 10.5. The molecule has 0 atom stereocenters. The molecule has 0 saturated carbocycles. The number of halogens is 1. The number of nitro groups is 1. The molecule has 5 nitrogen and oxygen atoms in total. The fourth-order valence-electron chi connectivity index (χ4n) is 0.770. The van der Waals surface area contributed by atoms with Gasteiger partial charge in [0.15, 0.2) is 12.2 Å². The number of hydrogen-bond donors (Lipinski definition) is 0. The Labute approximate surface area is 103 Å². The average molecular weight is 269 g/mol. The van der Waals surface area contributed by atoms with E-state index in [1.807, 2.05) is 0 Å². The summed E-state index contributed by atoms with van der Waals surface area (Å²) in [5.41, 5.74) is -0.0847. The maximum absolute atomic E-state index is 10.5. The van der Waals surface area contributed by atoms with E-state index in [2.05, 4.69) is 0 Å². The Morgan fingerprint density at radius 3 is 2.67 bits per heavy atom. The van der Waals surface area contributed by atoms with Crippen molar-refractivity contribution < 1.29 is 9.11 Å². The zero-order valence-corrected chi connectivity index (χ0v) is 10.3. The van der Waals surface area contributed by atoms with E-state index < -0.39 is 4.92 Å². The van der Waals surface area contributed by atoms with Crippen molar-refractivity contribution in [2.45, 2.75) is 0 Å². The first kappa shape index (κ1) is 14.4. The molecule has 0 saturated heterocycles. The van der Waals surface area contributed by atoms with Crippen molar-refractivity contribution in [3.8, 4) is 5.75 Å². The maximum Gasteiger partial charge on any atom is 0.312 e. The minimum Gasteiger partial charge on any atom is -0.401 e. The van der Waals surface area contributed by atoms with E-state index in [0.29, 0.717) is 0 Å². The van der Waals surface area contributed by atoms with Gasteiger partial charge in [-0.3, -0.25) is 10.1 Å². The molecule has 0 N–H and O–H groups in total. The second kappa shape index (κ2) is 6.78. The van der Waals surface area contributed by atoms with Crippen LogP contribution in [0.25, 0.3) is 0 Å². The van der Waals surface area contributed by atoms with Crippen molar-refractivity contribution in [2.24, 2.45) is 0 Å². The standard InChI is InChI=1S/C7H7ClN2O3S.H2S/c1-9(8)14-13-7-5-3-2-4-6(7)10(11)12;/h2-5H,1H3;1H2. The second-order valence-corrected chi connectivity index (χ2v) is 3.87. The van der Waals surface area contributed by atoms with Gasteiger partial charge < -0.3 is 4.18 Å². The van der Waals surface area contributed by atoms with Gasteiger partial charge in [0.1, 0.15) is 0 Å². The van der Waals surface area contributed by atoms with E-state index >= 15 is 0 Å². The minimum atomic E-state index is -0.510. The van der Waals surface area contributed by atoms with Crippen LogP contribution < -0.4 is 4.18 Å². The molecule has 0 aliphatic rings. The SMILES string of the molecule is CN(Cl)SOc1ccccc1[N+](=O)[O-].S. The third-order valence-corrected chi connectivity index (χ3v) is 1.92. The molecule has 1 aromatic rings. The van der Waals surface area contributed by atoms with Crippen LogP contribution >= 0.6 is 37.5 Å². The lowest BCUT2D eigenvalue weighted by Crippen LogP contribution is -1.97. The van der Waals surface area contributed by atoms with E-state index in [0.717, 1.165) is 12.2 Å². The van der Waals surface area contributed by atoms with Crippen molar-refractivity contribution in [1.82, 2.24) is 3.82 Å². The number of hydrogen-bond acceptors (Lipinski definition) is 5. The molecule has 1 rings (SSSR count). The van der Waals surface area contributed by atoms with Gasteiger partial charge >= 0.3 is 5.69 Å². The second-order valence-electron chi connectivity index (χ2n) is 2.30. The molecule has 0 radical (unpaired) electrons. The lowest BCUT2D eigenvalue weighted by molar-refractivity contribution is -0.385. The van der Waals surface area contributed by atoms with Crippen LogP contribution in [0, 0.1) is 10.1 Å². The van der Waals surface area contributed by atoms with Crippen LogP contribution in [0.2, 0.25) is 0 Å². The number of nitrogens with zero attached hydrogens (tertiary/aromatic N) is 2. The topological polar surface area (TPSA) is 55.6 Å². The zero-order chi connectivity index (χ0) is 10.6. The van der Waals surface area contributed by atoms with Gasteiger partial charge in [0, 0.05) is 13.1 Å². The van der Waals surface area contributed by atoms with Crippen LogP contribution in [0.5, 0.6) is 5.75 Å². The van der Waals surface area contributed by atoms with E-state index in [9.17, 15) is 10.1 Å². The predicted molar refractivity (Wildman–Crippen MR) is 65.3 cm³/mol. The Morgan fingerprint density at radius 2 is 2.13 bits per heavy atom. The zero-order valence-electron chi connectivity index (χ0n) is 7.71. The molecule has 1 aromatic carbocycles. The quantitative estimate of drug-likeness (QED) is 0.276. The molecule has 0 spiro atoms. The fourth-order valence-corrected chi connectivity index (χ4v) is 1.18. The molecule has 0 aliphatic carbocycles. The van der Waals surface area contributed by atoms with Crippen LogP contribution in [0.3, 0.4) is 0 Å². The van der Waals surface area contributed by atoms with Crippen molar-refractivity contribution in [1.29, 1.82) is 0 Å². The largest absolute Gasteiger partial charge is 0.401 e. The molecule has 0 unspecified atom stereocenters. The van der Waals surface area contributed by atoms with Gasteiger partial charge in [-0.2, -0.15) is 13.5 Å². The van der Waals surface area contributed by atoms with Gasteiger partial charge in [0.05, 0.1) is 4.92 Å². The van der Waals surface area contributed by atoms with Gasteiger partial charge in [-0.15, -0.1) is 3.82 Å². The number of nitro benzene ring substituents is 1. The lowest BCUT2D eigenvalue weighted by atomic mass is 10.3. The summed E-state index contributed by atoms with van der Waals surface area (Å²) < 4.78 is 6.21. The normalized spacial score (nSPS) is 9.53. The summed E-state index contributed by atoms with van der Waals surface area (Å²) in [6.07, 6.45) is 0. The van der Waals surface area contributed by atoms with Crippen LogP contribution in [0.4, 0.5) is 5.69 Å². The van der Waals surface area contributed by atoms with Crippen molar-refractivity contribution >= 4 is 43.2 Å². The molecule has 0 amide bonds. The molecule has 8 heteroatoms. The summed E-state index contributed by atoms with van der Waals surface area (Å²) in [6.45, 7) is 0. The Bertz CT molecular complexity index is 338. The molecule has 0 aliphatic heterocycles. The molecule has 0 bridgehead atoms. The summed E-state index contributed by atoms with van der Waals surface area (Å²) in [4.78, 5) is 10.0. The summed E-state index contributed by atoms with van der Waals surface area (Å²) in [5, 5.41) is 10.5. The minimum absolute atomic E-state index is 0. The van der Waals surface area contributed by atoms with Gasteiger partial charge in [0.2, 0.25) is 5.75 Å². The molecule has 0 fully saturated rings. The van der Waals surface area contributed by atoms with Crippen LogP contribution in [-0.2, 0) is 0 Å². The summed E-state index contributed by atoms with van der Waals surface area (Å²) in [5.74, 6) is 0.176. The highest BCUT2D eigenvalue weighted by atomic mass is 35.5.